The Labute approximate surface area is 108 Å². The molecule has 1 N–H and O–H groups in total. The number of piperazine rings is 1. The standard InChI is InChI=1S/C15H21N3/c1-2-17-7-9-18(10-8-17)12-13-3-4-15-14(11-13)5-6-16-15/h3-6,11,16H,2,7-10,12H2,1H3. The number of nitrogens with one attached hydrogen (secondary N) is 1. The minimum absolute atomic E-state index is 1.08. The number of hydrogen-bond acceptors (Lipinski definition) is 2. The first kappa shape index (κ1) is 11.8. The van der Waals surface area contributed by atoms with E-state index in [4.69, 9.17) is 0 Å². The summed E-state index contributed by atoms with van der Waals surface area (Å²) in [5, 5.41) is 1.32. The summed E-state index contributed by atoms with van der Waals surface area (Å²) in [4.78, 5) is 8.32. The average Bonchev–Trinajstić information content (AvgIpc) is 2.87. The van der Waals surface area contributed by atoms with Crippen LogP contribution in [0.2, 0.25) is 0 Å². The first-order chi connectivity index (χ1) is 8.85. The lowest BCUT2D eigenvalue weighted by molar-refractivity contribution is 0.132. The van der Waals surface area contributed by atoms with Gasteiger partial charge in [-0.1, -0.05) is 13.0 Å². The van der Waals surface area contributed by atoms with E-state index in [0.29, 0.717) is 0 Å². The van der Waals surface area contributed by atoms with E-state index in [1.807, 2.05) is 6.20 Å². The second-order valence-electron chi connectivity index (χ2n) is 5.11. The van der Waals surface area contributed by atoms with Crippen molar-refractivity contribution in [2.75, 3.05) is 32.7 Å². The van der Waals surface area contributed by atoms with Gasteiger partial charge in [-0.3, -0.25) is 4.90 Å². The quantitative estimate of drug-likeness (QED) is 0.893. The summed E-state index contributed by atoms with van der Waals surface area (Å²) in [6, 6.07) is 8.88. The Kier molecular flexibility index (Phi) is 3.35. The van der Waals surface area contributed by atoms with E-state index in [1.54, 1.807) is 0 Å². The number of hydrogen-bond donors (Lipinski definition) is 1. The number of fused-ring (bicyclic) bond motifs is 1. The van der Waals surface area contributed by atoms with Gasteiger partial charge in [-0.15, -0.1) is 0 Å². The minimum atomic E-state index is 1.08. The summed E-state index contributed by atoms with van der Waals surface area (Å²) in [6.45, 7) is 9.32. The summed E-state index contributed by atoms with van der Waals surface area (Å²) >= 11 is 0. The van der Waals surface area contributed by atoms with Crippen molar-refractivity contribution in [3.63, 3.8) is 0 Å². The predicted octanol–water partition coefficient (Wildman–Crippen LogP) is 2.31. The minimum Gasteiger partial charge on any atom is -0.361 e. The van der Waals surface area contributed by atoms with Gasteiger partial charge in [-0.05, 0) is 35.7 Å². The Hall–Kier alpha value is -1.32. The molecule has 0 saturated carbocycles. The SMILES string of the molecule is CCN1CCN(Cc2ccc3[nH]ccc3c2)CC1. The van der Waals surface area contributed by atoms with Gasteiger partial charge >= 0.3 is 0 Å². The maximum Gasteiger partial charge on any atom is 0.0454 e. The molecular weight excluding hydrogens is 222 g/mol. The van der Waals surface area contributed by atoms with E-state index in [-0.39, 0.29) is 0 Å². The van der Waals surface area contributed by atoms with Crippen LogP contribution in [0.5, 0.6) is 0 Å². The molecule has 1 aromatic heterocycles. The normalized spacial score (nSPS) is 18.5. The fourth-order valence-electron chi connectivity index (χ4n) is 2.72. The summed E-state index contributed by atoms with van der Waals surface area (Å²) in [6.07, 6.45) is 2.01. The van der Waals surface area contributed by atoms with Crippen LogP contribution in [-0.2, 0) is 6.54 Å². The molecule has 3 rings (SSSR count). The Morgan fingerprint density at radius 3 is 2.61 bits per heavy atom. The molecule has 3 heteroatoms. The van der Waals surface area contributed by atoms with E-state index < -0.39 is 0 Å². The molecule has 2 heterocycles. The van der Waals surface area contributed by atoms with Gasteiger partial charge in [0.15, 0.2) is 0 Å². The van der Waals surface area contributed by atoms with Crippen LogP contribution in [0.3, 0.4) is 0 Å². The number of benzene rings is 1. The zero-order valence-electron chi connectivity index (χ0n) is 11.0. The monoisotopic (exact) mass is 243 g/mol. The van der Waals surface area contributed by atoms with Crippen molar-refractivity contribution >= 4 is 10.9 Å². The fraction of sp³-hybridized carbons (Fsp3) is 0.467. The van der Waals surface area contributed by atoms with Gasteiger partial charge in [0.25, 0.3) is 0 Å². The van der Waals surface area contributed by atoms with Gasteiger partial charge in [0.1, 0.15) is 0 Å². The molecule has 0 amide bonds. The number of H-pyrrole nitrogens is 1. The Balaban J connectivity index is 1.65. The highest BCUT2D eigenvalue weighted by molar-refractivity contribution is 5.79. The molecule has 0 atom stereocenters. The zero-order chi connectivity index (χ0) is 12.4. The second-order valence-corrected chi connectivity index (χ2v) is 5.11. The van der Waals surface area contributed by atoms with Gasteiger partial charge < -0.3 is 9.88 Å². The third kappa shape index (κ3) is 2.42. The number of aromatic amines is 1. The van der Waals surface area contributed by atoms with Crippen molar-refractivity contribution in [2.45, 2.75) is 13.5 Å². The van der Waals surface area contributed by atoms with Crippen molar-refractivity contribution in [3.05, 3.63) is 36.0 Å². The van der Waals surface area contributed by atoms with Crippen LogP contribution < -0.4 is 0 Å². The zero-order valence-corrected chi connectivity index (χ0v) is 11.0. The van der Waals surface area contributed by atoms with E-state index in [9.17, 15) is 0 Å². The molecule has 1 aliphatic rings. The first-order valence-corrected chi connectivity index (χ1v) is 6.86. The van der Waals surface area contributed by atoms with Crippen molar-refractivity contribution in [2.24, 2.45) is 0 Å². The molecule has 0 unspecified atom stereocenters. The Morgan fingerprint density at radius 1 is 1.06 bits per heavy atom. The highest BCUT2D eigenvalue weighted by atomic mass is 15.3. The van der Waals surface area contributed by atoms with Crippen LogP contribution >= 0.6 is 0 Å². The lowest BCUT2D eigenvalue weighted by Gasteiger charge is -2.34. The van der Waals surface area contributed by atoms with Crippen molar-refractivity contribution in [3.8, 4) is 0 Å². The molecule has 1 aromatic carbocycles. The summed E-state index contributed by atoms with van der Waals surface area (Å²) in [5.74, 6) is 0. The number of nitrogens with zero attached hydrogens (tertiary/aromatic N) is 2. The lowest BCUT2D eigenvalue weighted by Crippen LogP contribution is -2.45. The van der Waals surface area contributed by atoms with Crippen molar-refractivity contribution in [1.29, 1.82) is 0 Å². The maximum absolute atomic E-state index is 3.24. The Morgan fingerprint density at radius 2 is 1.83 bits per heavy atom. The fourth-order valence-corrected chi connectivity index (χ4v) is 2.72. The Bertz CT molecular complexity index is 509. The first-order valence-electron chi connectivity index (χ1n) is 6.86. The van der Waals surface area contributed by atoms with Gasteiger partial charge in [-0.2, -0.15) is 0 Å². The van der Waals surface area contributed by atoms with E-state index >= 15 is 0 Å². The molecule has 0 aliphatic carbocycles. The predicted molar refractivity (Wildman–Crippen MR) is 75.7 cm³/mol. The number of aromatic nitrogens is 1. The van der Waals surface area contributed by atoms with E-state index in [2.05, 4.69) is 46.0 Å². The number of rotatable bonds is 3. The topological polar surface area (TPSA) is 22.3 Å². The van der Waals surface area contributed by atoms with E-state index in [1.165, 1.54) is 49.2 Å². The van der Waals surface area contributed by atoms with Gasteiger partial charge in [0.2, 0.25) is 0 Å². The molecule has 0 bridgehead atoms. The van der Waals surface area contributed by atoms with Crippen LogP contribution in [0.4, 0.5) is 0 Å². The highest BCUT2D eigenvalue weighted by Gasteiger charge is 2.15. The third-order valence-corrected chi connectivity index (χ3v) is 3.94. The largest absolute Gasteiger partial charge is 0.361 e. The average molecular weight is 243 g/mol. The molecule has 1 fully saturated rings. The second kappa shape index (κ2) is 5.12. The van der Waals surface area contributed by atoms with Gasteiger partial charge in [0.05, 0.1) is 0 Å². The maximum atomic E-state index is 3.24. The molecule has 3 nitrogen and oxygen atoms in total. The van der Waals surface area contributed by atoms with Gasteiger partial charge in [-0.25, -0.2) is 0 Å². The van der Waals surface area contributed by atoms with E-state index in [0.717, 1.165) is 6.54 Å². The lowest BCUT2D eigenvalue weighted by atomic mass is 10.1. The highest BCUT2D eigenvalue weighted by Crippen LogP contribution is 2.16. The molecule has 1 saturated heterocycles. The molecule has 2 aromatic rings. The summed E-state index contributed by atoms with van der Waals surface area (Å²) < 4.78 is 0. The van der Waals surface area contributed by atoms with Crippen LogP contribution in [0.15, 0.2) is 30.5 Å². The number of likely N-dealkylation sites (N-methyl/N-ethyl adjacent to an activating group) is 1. The van der Waals surface area contributed by atoms with Crippen LogP contribution in [-0.4, -0.2) is 47.5 Å². The molecule has 0 spiro atoms. The smallest absolute Gasteiger partial charge is 0.0454 e. The molecule has 1 aliphatic heterocycles. The third-order valence-electron chi connectivity index (χ3n) is 3.94. The summed E-state index contributed by atoms with van der Waals surface area (Å²) in [7, 11) is 0. The van der Waals surface area contributed by atoms with Gasteiger partial charge in [0, 0.05) is 44.4 Å². The molecule has 0 radical (unpaired) electrons. The van der Waals surface area contributed by atoms with Crippen LogP contribution in [0, 0.1) is 0 Å². The van der Waals surface area contributed by atoms with Crippen LogP contribution in [0.25, 0.3) is 10.9 Å². The van der Waals surface area contributed by atoms with Crippen molar-refractivity contribution in [1.82, 2.24) is 14.8 Å². The van der Waals surface area contributed by atoms with Crippen LogP contribution in [0.1, 0.15) is 12.5 Å². The molecule has 96 valence electrons. The summed E-state index contributed by atoms with van der Waals surface area (Å²) in [5.41, 5.74) is 2.65. The molecular formula is C15H21N3. The molecule has 18 heavy (non-hydrogen) atoms. The van der Waals surface area contributed by atoms with Crippen molar-refractivity contribution < 1.29 is 0 Å².